The summed E-state index contributed by atoms with van der Waals surface area (Å²) in [6.07, 6.45) is 64.4. The van der Waals surface area contributed by atoms with Crippen LogP contribution in [0.15, 0.2) is 48.6 Å². The van der Waals surface area contributed by atoms with Gasteiger partial charge in [-0.2, -0.15) is 0 Å². The normalized spacial score (nSPS) is 18.8. The Hall–Kier alpha value is -2.38. The lowest BCUT2D eigenvalue weighted by Crippen LogP contribution is -2.61. The van der Waals surface area contributed by atoms with Crippen molar-refractivity contribution >= 4 is 11.9 Å². The molecule has 8 atom stereocenters. The number of amides is 1. The Bertz CT molecular complexity index is 1540. The maximum atomic E-state index is 13.5. The standard InChI is InChI=1S/C72H133NO10/c1-4-7-10-13-16-19-22-24-26-28-29-30-31-32-33-34-35-36-38-39-41-44-47-50-53-56-59-65(76)71(80)73-63(64(75)58-55-52-49-46-43-21-18-15-12-9-6-3)62-81-72-70(69(79)68(78)66(61-74)82-72)83-67(77)60-57-54-51-48-45-42-40-37-27-25-23-20-17-14-11-8-5-2/h16,19,24,26,29-30,55,58,63-66,68-70,72,74-76,78-79H,4-15,17-18,20-23,25,27-28,31-54,56-57,59-62H2,1-3H3,(H,73,80)/b19-16-,26-24-,30-29-,58-55+. The number of hydrogen-bond acceptors (Lipinski definition) is 10. The number of aliphatic hydroxyl groups excluding tert-OH is 5. The van der Waals surface area contributed by atoms with Gasteiger partial charge < -0.3 is 45.1 Å². The Balaban J connectivity index is 2.54. The van der Waals surface area contributed by atoms with Crippen molar-refractivity contribution in [3.63, 3.8) is 0 Å². The summed E-state index contributed by atoms with van der Waals surface area (Å²) in [6, 6.07) is -1.02. The number of nitrogens with one attached hydrogen (secondary N) is 1. The summed E-state index contributed by atoms with van der Waals surface area (Å²) in [5.74, 6) is -1.18. The highest BCUT2D eigenvalue weighted by Gasteiger charge is 2.47. The first-order valence-corrected chi connectivity index (χ1v) is 35.4. The predicted molar refractivity (Wildman–Crippen MR) is 347 cm³/mol. The van der Waals surface area contributed by atoms with Gasteiger partial charge in [0.05, 0.1) is 25.4 Å². The SMILES string of the molecule is CCCCC/C=C\C/C=C\C/C=C\CCCCCCCCCCCCCCCC(O)C(=O)NC(COC1OC(CO)C(O)C(O)C1OC(=O)CCCCCCCCCCCCCCCCCCC)C(O)/C=C/CCCCCCCCCCC. The molecule has 0 aromatic carbocycles. The van der Waals surface area contributed by atoms with Crippen molar-refractivity contribution in [2.24, 2.45) is 0 Å². The van der Waals surface area contributed by atoms with Crippen molar-refractivity contribution in [3.8, 4) is 0 Å². The molecule has 0 radical (unpaired) electrons. The fourth-order valence-electron chi connectivity index (χ4n) is 11.1. The molecule has 0 aromatic heterocycles. The van der Waals surface area contributed by atoms with Gasteiger partial charge in [0.1, 0.15) is 24.4 Å². The molecule has 1 amide bonds. The second-order valence-corrected chi connectivity index (χ2v) is 24.6. The van der Waals surface area contributed by atoms with E-state index in [1.807, 2.05) is 6.08 Å². The molecule has 1 heterocycles. The monoisotopic (exact) mass is 1170 g/mol. The molecule has 11 nitrogen and oxygen atoms in total. The number of rotatable bonds is 61. The molecule has 0 bridgehead atoms. The van der Waals surface area contributed by atoms with E-state index in [0.29, 0.717) is 19.3 Å². The average molecular weight is 1170 g/mol. The van der Waals surface area contributed by atoms with Crippen LogP contribution < -0.4 is 5.32 Å². The third-order valence-corrected chi connectivity index (χ3v) is 16.7. The van der Waals surface area contributed by atoms with Crippen molar-refractivity contribution in [3.05, 3.63) is 48.6 Å². The fourth-order valence-corrected chi connectivity index (χ4v) is 11.1. The van der Waals surface area contributed by atoms with Gasteiger partial charge in [-0.1, -0.05) is 313 Å². The maximum absolute atomic E-state index is 13.5. The molecule has 1 aliphatic heterocycles. The van der Waals surface area contributed by atoms with Gasteiger partial charge in [0.25, 0.3) is 0 Å². The van der Waals surface area contributed by atoms with Gasteiger partial charge in [-0.3, -0.25) is 9.59 Å². The van der Waals surface area contributed by atoms with Crippen molar-refractivity contribution in [2.75, 3.05) is 13.2 Å². The highest BCUT2D eigenvalue weighted by atomic mass is 16.7. The molecule has 1 saturated heterocycles. The molecule has 11 heteroatoms. The average Bonchev–Trinajstić information content (AvgIpc) is 3.62. The summed E-state index contributed by atoms with van der Waals surface area (Å²) in [5.41, 5.74) is 0. The third kappa shape index (κ3) is 47.4. The Morgan fingerprint density at radius 1 is 0.470 bits per heavy atom. The number of aliphatic hydroxyl groups is 5. The maximum Gasteiger partial charge on any atom is 0.306 e. The van der Waals surface area contributed by atoms with Gasteiger partial charge in [-0.15, -0.1) is 0 Å². The fraction of sp³-hybridized carbons (Fsp3) is 0.861. The molecule has 8 unspecified atom stereocenters. The van der Waals surface area contributed by atoms with Gasteiger partial charge in [-0.05, 0) is 64.2 Å². The molecule has 0 aromatic rings. The minimum atomic E-state index is -1.61. The molecule has 0 spiro atoms. The molecule has 1 rings (SSSR count). The van der Waals surface area contributed by atoms with Crippen LogP contribution in [0, 0.1) is 0 Å². The van der Waals surface area contributed by atoms with Crippen LogP contribution in [-0.2, 0) is 23.8 Å². The Labute approximate surface area is 510 Å². The topological polar surface area (TPSA) is 175 Å². The molecule has 1 aliphatic rings. The third-order valence-electron chi connectivity index (χ3n) is 16.7. The van der Waals surface area contributed by atoms with Crippen LogP contribution in [0.2, 0.25) is 0 Å². The van der Waals surface area contributed by atoms with E-state index in [0.717, 1.165) is 70.6 Å². The summed E-state index contributed by atoms with van der Waals surface area (Å²) >= 11 is 0. The van der Waals surface area contributed by atoms with E-state index >= 15 is 0 Å². The van der Waals surface area contributed by atoms with Crippen LogP contribution in [0.25, 0.3) is 0 Å². The summed E-state index contributed by atoms with van der Waals surface area (Å²) in [6.45, 7) is 5.80. The van der Waals surface area contributed by atoms with Gasteiger partial charge in [0, 0.05) is 6.42 Å². The van der Waals surface area contributed by atoms with E-state index < -0.39 is 67.4 Å². The lowest BCUT2D eigenvalue weighted by molar-refractivity contribution is -0.305. The minimum Gasteiger partial charge on any atom is -0.454 e. The second-order valence-electron chi connectivity index (χ2n) is 24.6. The lowest BCUT2D eigenvalue weighted by Gasteiger charge is -2.41. The van der Waals surface area contributed by atoms with Gasteiger partial charge in [0.2, 0.25) is 5.91 Å². The largest absolute Gasteiger partial charge is 0.454 e. The van der Waals surface area contributed by atoms with Gasteiger partial charge in [0.15, 0.2) is 12.4 Å². The molecule has 486 valence electrons. The van der Waals surface area contributed by atoms with E-state index in [-0.39, 0.29) is 13.0 Å². The van der Waals surface area contributed by atoms with Crippen LogP contribution in [0.1, 0.15) is 335 Å². The molecular weight excluding hydrogens is 1040 g/mol. The number of unbranched alkanes of at least 4 members (excludes halogenated alkanes) is 41. The molecule has 83 heavy (non-hydrogen) atoms. The van der Waals surface area contributed by atoms with Crippen LogP contribution in [-0.4, -0.2) is 99.6 Å². The van der Waals surface area contributed by atoms with E-state index in [9.17, 15) is 35.1 Å². The summed E-state index contributed by atoms with van der Waals surface area (Å²) in [7, 11) is 0. The number of allylic oxidation sites excluding steroid dienone is 7. The summed E-state index contributed by atoms with van der Waals surface area (Å²) < 4.78 is 17.7. The molecular formula is C72H133NO10. The van der Waals surface area contributed by atoms with Crippen molar-refractivity contribution in [2.45, 2.75) is 384 Å². The number of carbonyl (C=O) groups excluding carboxylic acids is 2. The van der Waals surface area contributed by atoms with Crippen LogP contribution in [0.4, 0.5) is 0 Å². The molecule has 6 N–H and O–H groups in total. The van der Waals surface area contributed by atoms with Crippen LogP contribution in [0.3, 0.4) is 0 Å². The van der Waals surface area contributed by atoms with E-state index in [2.05, 4.69) is 62.5 Å². The van der Waals surface area contributed by atoms with Crippen LogP contribution in [0.5, 0.6) is 0 Å². The first-order valence-electron chi connectivity index (χ1n) is 35.4. The first-order chi connectivity index (χ1) is 40.7. The zero-order chi connectivity index (χ0) is 60.3. The lowest BCUT2D eigenvalue weighted by atomic mass is 9.99. The van der Waals surface area contributed by atoms with E-state index in [4.69, 9.17) is 14.2 Å². The Kier molecular flexibility index (Phi) is 56.8. The van der Waals surface area contributed by atoms with Gasteiger partial charge in [-0.25, -0.2) is 0 Å². The van der Waals surface area contributed by atoms with Crippen molar-refractivity contribution < 1.29 is 49.3 Å². The van der Waals surface area contributed by atoms with Crippen molar-refractivity contribution in [1.29, 1.82) is 0 Å². The number of carbonyl (C=O) groups is 2. The van der Waals surface area contributed by atoms with E-state index in [1.54, 1.807) is 6.08 Å². The number of ether oxygens (including phenoxy) is 3. The minimum absolute atomic E-state index is 0.128. The summed E-state index contributed by atoms with van der Waals surface area (Å²) in [5, 5.41) is 57.2. The second kappa shape index (κ2) is 59.9. The summed E-state index contributed by atoms with van der Waals surface area (Å²) in [4.78, 5) is 26.6. The zero-order valence-corrected chi connectivity index (χ0v) is 54.1. The molecule has 0 saturated carbocycles. The molecule has 1 fully saturated rings. The van der Waals surface area contributed by atoms with Crippen molar-refractivity contribution in [1.82, 2.24) is 5.32 Å². The van der Waals surface area contributed by atoms with Crippen LogP contribution >= 0.6 is 0 Å². The Morgan fingerprint density at radius 3 is 1.27 bits per heavy atom. The number of hydrogen-bond donors (Lipinski definition) is 6. The zero-order valence-electron chi connectivity index (χ0n) is 54.1. The molecule has 0 aliphatic carbocycles. The quantitative estimate of drug-likeness (QED) is 0.0195. The highest BCUT2D eigenvalue weighted by Crippen LogP contribution is 2.26. The first kappa shape index (κ1) is 78.6. The Morgan fingerprint density at radius 2 is 0.831 bits per heavy atom. The smallest absolute Gasteiger partial charge is 0.306 e. The highest BCUT2D eigenvalue weighted by molar-refractivity contribution is 5.80. The number of esters is 1. The van der Waals surface area contributed by atoms with E-state index in [1.165, 1.54) is 218 Å². The predicted octanol–water partition coefficient (Wildman–Crippen LogP) is 18.0. The van der Waals surface area contributed by atoms with Gasteiger partial charge >= 0.3 is 5.97 Å².